The van der Waals surface area contributed by atoms with Crippen LogP contribution in [-0.4, -0.2) is 19.6 Å². The van der Waals surface area contributed by atoms with E-state index in [-0.39, 0.29) is 12.5 Å². The average Bonchev–Trinajstić information content (AvgIpc) is 2.48. The number of anilines is 2. The lowest BCUT2D eigenvalue weighted by Crippen LogP contribution is -2.21. The molecule has 0 spiro atoms. The van der Waals surface area contributed by atoms with E-state index in [1.807, 2.05) is 49.4 Å². The number of carbonyl (C=O) groups excluding carboxylic acids is 1. The number of ether oxygens (including phenoxy) is 1. The molecule has 5 heteroatoms. The van der Waals surface area contributed by atoms with Crippen LogP contribution in [0.2, 0.25) is 0 Å². The minimum atomic E-state index is -0.102. The fraction of sp³-hybridized carbons (Fsp3) is 0.188. The average molecular weight is 349 g/mol. The normalized spacial score (nSPS) is 10.0. The third-order valence-electron chi connectivity index (χ3n) is 3.00. The summed E-state index contributed by atoms with van der Waals surface area (Å²) in [4.78, 5) is 11.9. The van der Waals surface area contributed by atoms with Crippen molar-refractivity contribution in [1.29, 1.82) is 0 Å². The first-order valence-electron chi connectivity index (χ1n) is 6.53. The van der Waals surface area contributed by atoms with Crippen LogP contribution in [0.3, 0.4) is 0 Å². The Labute approximate surface area is 132 Å². The Morgan fingerprint density at radius 2 is 2.00 bits per heavy atom. The molecular formula is C16H17BrN2O2. The molecule has 0 bridgehead atoms. The first-order chi connectivity index (χ1) is 10.1. The lowest BCUT2D eigenvalue weighted by atomic mass is 10.2. The second kappa shape index (κ2) is 7.13. The lowest BCUT2D eigenvalue weighted by Gasteiger charge is -2.11. The molecule has 0 aliphatic carbocycles. The summed E-state index contributed by atoms with van der Waals surface area (Å²) in [6, 6.07) is 13.2. The minimum Gasteiger partial charge on any atom is -0.496 e. The Bertz CT molecular complexity index is 644. The van der Waals surface area contributed by atoms with Crippen molar-refractivity contribution < 1.29 is 9.53 Å². The molecule has 110 valence electrons. The molecule has 21 heavy (non-hydrogen) atoms. The van der Waals surface area contributed by atoms with E-state index in [9.17, 15) is 4.79 Å². The van der Waals surface area contributed by atoms with Gasteiger partial charge in [0.1, 0.15) is 5.75 Å². The summed E-state index contributed by atoms with van der Waals surface area (Å²) in [5, 5.41) is 5.94. The number of amides is 1. The molecule has 0 heterocycles. The van der Waals surface area contributed by atoms with Crippen LogP contribution in [0, 0.1) is 6.92 Å². The molecule has 4 nitrogen and oxygen atoms in total. The third-order valence-corrected chi connectivity index (χ3v) is 3.69. The van der Waals surface area contributed by atoms with Crippen LogP contribution in [-0.2, 0) is 4.79 Å². The number of halogens is 1. The molecule has 0 atom stereocenters. The van der Waals surface area contributed by atoms with Gasteiger partial charge in [0.15, 0.2) is 0 Å². The molecule has 1 amide bonds. The molecule has 2 rings (SSSR count). The predicted octanol–water partition coefficient (Wildman–Crippen LogP) is 3.82. The Morgan fingerprint density at radius 3 is 2.67 bits per heavy atom. The quantitative estimate of drug-likeness (QED) is 0.863. The molecule has 0 saturated carbocycles. The number of carbonyl (C=O) groups is 1. The number of rotatable bonds is 5. The first-order valence-corrected chi connectivity index (χ1v) is 7.32. The van der Waals surface area contributed by atoms with Crippen molar-refractivity contribution >= 4 is 33.2 Å². The third kappa shape index (κ3) is 4.23. The second-order valence-corrected chi connectivity index (χ2v) is 5.42. The molecule has 2 aromatic carbocycles. The van der Waals surface area contributed by atoms with Gasteiger partial charge in [-0.25, -0.2) is 0 Å². The van der Waals surface area contributed by atoms with Gasteiger partial charge < -0.3 is 15.4 Å². The summed E-state index contributed by atoms with van der Waals surface area (Å²) < 4.78 is 6.07. The molecule has 0 unspecified atom stereocenters. The van der Waals surface area contributed by atoms with Crippen LogP contribution >= 0.6 is 15.9 Å². The zero-order valence-corrected chi connectivity index (χ0v) is 13.5. The molecule has 0 aliphatic rings. The van der Waals surface area contributed by atoms with Gasteiger partial charge in [-0.1, -0.05) is 12.1 Å². The number of aryl methyl sites for hydroxylation is 1. The Hall–Kier alpha value is -2.01. The van der Waals surface area contributed by atoms with E-state index in [4.69, 9.17) is 4.74 Å². The van der Waals surface area contributed by atoms with E-state index in [1.54, 1.807) is 7.11 Å². The predicted molar refractivity (Wildman–Crippen MR) is 89.0 cm³/mol. The topological polar surface area (TPSA) is 50.4 Å². The fourth-order valence-electron chi connectivity index (χ4n) is 1.93. The van der Waals surface area contributed by atoms with Gasteiger partial charge in [0.05, 0.1) is 19.3 Å². The van der Waals surface area contributed by atoms with Crippen LogP contribution in [0.5, 0.6) is 5.75 Å². The van der Waals surface area contributed by atoms with E-state index < -0.39 is 0 Å². The van der Waals surface area contributed by atoms with Crippen molar-refractivity contribution in [3.8, 4) is 5.75 Å². The maximum absolute atomic E-state index is 11.9. The van der Waals surface area contributed by atoms with Crippen LogP contribution in [0.1, 0.15) is 5.56 Å². The van der Waals surface area contributed by atoms with Gasteiger partial charge in [-0.15, -0.1) is 0 Å². The maximum atomic E-state index is 11.9. The zero-order valence-electron chi connectivity index (χ0n) is 11.9. The Kier molecular flexibility index (Phi) is 5.22. The van der Waals surface area contributed by atoms with E-state index in [1.165, 1.54) is 0 Å². The van der Waals surface area contributed by atoms with Gasteiger partial charge in [-0.3, -0.25) is 4.79 Å². The Morgan fingerprint density at radius 1 is 1.24 bits per heavy atom. The van der Waals surface area contributed by atoms with Gasteiger partial charge in [0.2, 0.25) is 5.91 Å². The highest BCUT2D eigenvalue weighted by Gasteiger charge is 2.05. The zero-order chi connectivity index (χ0) is 15.2. The van der Waals surface area contributed by atoms with Gasteiger partial charge in [-0.05, 0) is 58.7 Å². The Balaban J connectivity index is 1.92. The van der Waals surface area contributed by atoms with Crippen molar-refractivity contribution in [3.05, 3.63) is 52.5 Å². The lowest BCUT2D eigenvalue weighted by molar-refractivity contribution is -0.114. The van der Waals surface area contributed by atoms with E-state index in [0.29, 0.717) is 0 Å². The maximum Gasteiger partial charge on any atom is 0.243 e. The summed E-state index contributed by atoms with van der Waals surface area (Å²) in [5.74, 6) is 0.730. The largest absolute Gasteiger partial charge is 0.496 e. The molecule has 0 fully saturated rings. The molecule has 0 aliphatic heterocycles. The smallest absolute Gasteiger partial charge is 0.243 e. The van der Waals surface area contributed by atoms with Crippen molar-refractivity contribution in [2.45, 2.75) is 6.92 Å². The van der Waals surface area contributed by atoms with Crippen LogP contribution in [0.25, 0.3) is 0 Å². The van der Waals surface area contributed by atoms with Gasteiger partial charge >= 0.3 is 0 Å². The monoisotopic (exact) mass is 348 g/mol. The van der Waals surface area contributed by atoms with Crippen molar-refractivity contribution in [2.75, 3.05) is 24.3 Å². The molecule has 0 aromatic heterocycles. The standard InChI is InChI=1S/C16H17BrN2O2/c1-11-9-12(7-8-15(11)21-2)18-10-16(20)19-14-6-4-3-5-13(14)17/h3-9,18H,10H2,1-2H3,(H,19,20). The number of hydrogen-bond donors (Lipinski definition) is 2. The van der Waals surface area contributed by atoms with Crippen molar-refractivity contribution in [1.82, 2.24) is 0 Å². The van der Waals surface area contributed by atoms with Crippen LogP contribution in [0.4, 0.5) is 11.4 Å². The summed E-state index contributed by atoms with van der Waals surface area (Å²) in [6.45, 7) is 2.16. The van der Waals surface area contributed by atoms with E-state index in [0.717, 1.165) is 27.2 Å². The van der Waals surface area contributed by atoms with Crippen LogP contribution in [0.15, 0.2) is 46.9 Å². The first kappa shape index (κ1) is 15.4. The molecule has 0 saturated heterocycles. The van der Waals surface area contributed by atoms with Gasteiger partial charge in [0, 0.05) is 10.2 Å². The molecule has 2 N–H and O–H groups in total. The summed E-state index contributed by atoms with van der Waals surface area (Å²) >= 11 is 3.40. The molecule has 2 aromatic rings. The molecular weight excluding hydrogens is 332 g/mol. The second-order valence-electron chi connectivity index (χ2n) is 4.57. The van der Waals surface area contributed by atoms with Gasteiger partial charge in [0.25, 0.3) is 0 Å². The SMILES string of the molecule is COc1ccc(NCC(=O)Nc2ccccc2Br)cc1C. The molecule has 0 radical (unpaired) electrons. The highest BCUT2D eigenvalue weighted by Crippen LogP contribution is 2.22. The number of para-hydroxylation sites is 1. The van der Waals surface area contributed by atoms with Crippen molar-refractivity contribution in [3.63, 3.8) is 0 Å². The summed E-state index contributed by atoms with van der Waals surface area (Å²) in [7, 11) is 1.64. The number of hydrogen-bond acceptors (Lipinski definition) is 3. The van der Waals surface area contributed by atoms with Crippen LogP contribution < -0.4 is 15.4 Å². The minimum absolute atomic E-state index is 0.102. The number of benzene rings is 2. The van der Waals surface area contributed by atoms with Gasteiger partial charge in [-0.2, -0.15) is 0 Å². The van der Waals surface area contributed by atoms with E-state index in [2.05, 4.69) is 26.6 Å². The number of methoxy groups -OCH3 is 1. The fourth-order valence-corrected chi connectivity index (χ4v) is 2.31. The summed E-state index contributed by atoms with van der Waals surface area (Å²) in [5.41, 5.74) is 2.67. The van der Waals surface area contributed by atoms with Crippen molar-refractivity contribution in [2.24, 2.45) is 0 Å². The highest BCUT2D eigenvalue weighted by molar-refractivity contribution is 9.10. The highest BCUT2D eigenvalue weighted by atomic mass is 79.9. The summed E-state index contributed by atoms with van der Waals surface area (Å²) in [6.07, 6.45) is 0. The number of nitrogens with one attached hydrogen (secondary N) is 2. The van der Waals surface area contributed by atoms with E-state index >= 15 is 0 Å².